The van der Waals surface area contributed by atoms with Crippen LogP contribution in [0.3, 0.4) is 0 Å². The summed E-state index contributed by atoms with van der Waals surface area (Å²) in [5.41, 5.74) is 1.81. The van der Waals surface area contributed by atoms with E-state index in [1.807, 2.05) is 0 Å². The van der Waals surface area contributed by atoms with Crippen LogP contribution >= 0.6 is 0 Å². The number of aliphatic hydroxyl groups excluding tert-OH is 3. The van der Waals surface area contributed by atoms with Crippen molar-refractivity contribution in [3.63, 3.8) is 0 Å². The molecule has 0 radical (unpaired) electrons. The zero-order valence-corrected chi connectivity index (χ0v) is 23.3. The standard InChI is InChI=1S/C31H36O12/c1-2-19-20-7-4-8-24(35)23(20)14-40-30(19)43-31-29(28(38)27(37)26(12-32)42-31)41-15-39-13-22-21(10-18(34)11-25(22)36)16-5-3-6-17(33)9-16/h2-3,5-6,9-11,14,19-20,26-34,36-38H,1,4,7-8,12-13,15H2/t19-,20+,26-,27-,28?,29?,30+,31+/m1/s1. The SMILES string of the molecule is C=C[C@H]1[C@H](O[C@@H]2O[C@H](CO)[C@@H](O)C(O)C2OCOCc2c(O)cc(O)cc2-c2cccc(O)c2)OC=C2C(=O)CCC[C@H]21. The van der Waals surface area contributed by atoms with Gasteiger partial charge < -0.3 is 54.3 Å². The molecule has 2 aromatic carbocycles. The van der Waals surface area contributed by atoms with Gasteiger partial charge in [0.05, 0.1) is 19.5 Å². The van der Waals surface area contributed by atoms with Crippen LogP contribution in [-0.4, -0.2) is 86.8 Å². The van der Waals surface area contributed by atoms with Gasteiger partial charge in [0.2, 0.25) is 6.29 Å². The first-order valence-corrected chi connectivity index (χ1v) is 14.0. The van der Waals surface area contributed by atoms with Crippen LogP contribution in [0.1, 0.15) is 24.8 Å². The van der Waals surface area contributed by atoms with Gasteiger partial charge in [-0.2, -0.15) is 0 Å². The molecule has 2 aromatic rings. The lowest BCUT2D eigenvalue weighted by molar-refractivity contribution is -0.352. The number of hydrogen-bond acceptors (Lipinski definition) is 12. The van der Waals surface area contributed by atoms with Gasteiger partial charge >= 0.3 is 0 Å². The minimum Gasteiger partial charge on any atom is -0.508 e. The summed E-state index contributed by atoms with van der Waals surface area (Å²) in [7, 11) is 0. The smallest absolute Gasteiger partial charge is 0.208 e. The summed E-state index contributed by atoms with van der Waals surface area (Å²) in [6.07, 6.45) is -2.82. The van der Waals surface area contributed by atoms with Gasteiger partial charge in [0.1, 0.15) is 48.5 Å². The molecule has 0 amide bonds. The lowest BCUT2D eigenvalue weighted by Crippen LogP contribution is -2.61. The van der Waals surface area contributed by atoms with E-state index in [2.05, 4.69) is 6.58 Å². The van der Waals surface area contributed by atoms with Crippen molar-refractivity contribution in [2.45, 2.75) is 62.9 Å². The Morgan fingerprint density at radius 3 is 2.60 bits per heavy atom. The molecule has 43 heavy (non-hydrogen) atoms. The maximum absolute atomic E-state index is 12.4. The molecule has 8 atom stereocenters. The van der Waals surface area contributed by atoms with E-state index >= 15 is 0 Å². The molecular formula is C31H36O12. The van der Waals surface area contributed by atoms with Gasteiger partial charge in [-0.3, -0.25) is 4.79 Å². The molecule has 2 heterocycles. The summed E-state index contributed by atoms with van der Waals surface area (Å²) in [6, 6.07) is 8.83. The third-order valence-corrected chi connectivity index (χ3v) is 8.07. The van der Waals surface area contributed by atoms with E-state index in [0.717, 1.165) is 18.9 Å². The van der Waals surface area contributed by atoms with Crippen LogP contribution in [0.15, 0.2) is 60.9 Å². The number of allylic oxidation sites excluding steroid dienone is 1. The van der Waals surface area contributed by atoms with Gasteiger partial charge in [0.25, 0.3) is 0 Å². The van der Waals surface area contributed by atoms with Gasteiger partial charge in [-0.05, 0) is 42.2 Å². The van der Waals surface area contributed by atoms with E-state index < -0.39 is 56.3 Å². The Labute approximate surface area is 248 Å². The number of rotatable bonds is 10. The third-order valence-electron chi connectivity index (χ3n) is 8.07. The lowest BCUT2D eigenvalue weighted by atomic mass is 9.75. The average molecular weight is 601 g/mol. The van der Waals surface area contributed by atoms with Crippen molar-refractivity contribution in [1.29, 1.82) is 0 Å². The molecule has 12 nitrogen and oxygen atoms in total. The number of aromatic hydroxyl groups is 3. The zero-order valence-electron chi connectivity index (χ0n) is 23.3. The Kier molecular flexibility index (Phi) is 9.67. The van der Waals surface area contributed by atoms with E-state index in [-0.39, 0.29) is 35.6 Å². The molecule has 2 aliphatic heterocycles. The normalized spacial score (nSPS) is 30.7. The Hall–Kier alpha value is -3.49. The van der Waals surface area contributed by atoms with E-state index in [1.165, 1.54) is 24.5 Å². The fourth-order valence-corrected chi connectivity index (χ4v) is 5.83. The second-order valence-electron chi connectivity index (χ2n) is 10.8. The minimum absolute atomic E-state index is 0.00459. The molecule has 0 spiro atoms. The number of Topliss-reactive ketones (excluding diaryl/α,β-unsaturated/α-hetero) is 1. The molecule has 1 saturated heterocycles. The number of hydrogen-bond donors (Lipinski definition) is 6. The van der Waals surface area contributed by atoms with E-state index in [9.17, 15) is 35.4 Å². The summed E-state index contributed by atoms with van der Waals surface area (Å²) >= 11 is 0. The quantitative estimate of drug-likeness (QED) is 0.133. The molecule has 12 heteroatoms. The summed E-state index contributed by atoms with van der Waals surface area (Å²) < 4.78 is 29.0. The lowest BCUT2D eigenvalue weighted by Gasteiger charge is -2.44. The fourth-order valence-electron chi connectivity index (χ4n) is 5.83. The number of phenolic OH excluding ortho intramolecular Hbond substituents is 3. The van der Waals surface area contributed by atoms with Crippen LogP contribution < -0.4 is 0 Å². The van der Waals surface area contributed by atoms with Crippen LogP contribution in [0.2, 0.25) is 0 Å². The van der Waals surface area contributed by atoms with Gasteiger partial charge in [-0.25, -0.2) is 0 Å². The molecule has 1 saturated carbocycles. The van der Waals surface area contributed by atoms with Crippen LogP contribution in [0.5, 0.6) is 17.2 Å². The van der Waals surface area contributed by atoms with Gasteiger partial charge in [-0.15, -0.1) is 6.58 Å². The van der Waals surface area contributed by atoms with E-state index in [1.54, 1.807) is 18.2 Å². The van der Waals surface area contributed by atoms with Crippen molar-refractivity contribution in [3.8, 4) is 28.4 Å². The summed E-state index contributed by atoms with van der Waals surface area (Å²) in [6.45, 7) is 2.65. The predicted octanol–water partition coefficient (Wildman–Crippen LogP) is 2.20. The van der Waals surface area contributed by atoms with Gasteiger partial charge in [0, 0.05) is 35.5 Å². The number of ketones is 1. The summed E-state index contributed by atoms with van der Waals surface area (Å²) in [5.74, 6) is -0.996. The molecule has 1 aliphatic carbocycles. The maximum Gasteiger partial charge on any atom is 0.208 e. The number of benzene rings is 2. The number of carbonyl (C=O) groups excluding carboxylic acids is 1. The fraction of sp³-hybridized carbons (Fsp3) is 0.452. The van der Waals surface area contributed by atoms with Crippen molar-refractivity contribution in [3.05, 3.63) is 66.5 Å². The molecular weight excluding hydrogens is 564 g/mol. The highest BCUT2D eigenvalue weighted by Gasteiger charge is 2.49. The van der Waals surface area contributed by atoms with Crippen molar-refractivity contribution in [2.75, 3.05) is 13.4 Å². The van der Waals surface area contributed by atoms with Crippen LogP contribution in [0.4, 0.5) is 0 Å². The molecule has 0 aromatic heterocycles. The highest BCUT2D eigenvalue weighted by molar-refractivity contribution is 5.96. The predicted molar refractivity (Wildman–Crippen MR) is 149 cm³/mol. The largest absolute Gasteiger partial charge is 0.508 e. The Morgan fingerprint density at radius 1 is 1.05 bits per heavy atom. The molecule has 6 N–H and O–H groups in total. The second kappa shape index (κ2) is 13.4. The maximum atomic E-state index is 12.4. The molecule has 0 bridgehead atoms. The average Bonchev–Trinajstić information content (AvgIpc) is 2.98. The van der Waals surface area contributed by atoms with Crippen molar-refractivity contribution >= 4 is 5.78 Å². The molecule has 2 fully saturated rings. The molecule has 232 valence electrons. The summed E-state index contributed by atoms with van der Waals surface area (Å²) in [4.78, 5) is 12.4. The van der Waals surface area contributed by atoms with Gasteiger partial charge in [0.15, 0.2) is 12.1 Å². The molecule has 2 unspecified atom stereocenters. The summed E-state index contributed by atoms with van der Waals surface area (Å²) in [5, 5.41) is 61.6. The van der Waals surface area contributed by atoms with Crippen molar-refractivity contribution < 1.29 is 59.1 Å². The number of aliphatic hydroxyl groups is 3. The topological polar surface area (TPSA) is 185 Å². The molecule has 5 rings (SSSR count). The van der Waals surface area contributed by atoms with Crippen molar-refractivity contribution in [1.82, 2.24) is 0 Å². The monoisotopic (exact) mass is 600 g/mol. The Balaban J connectivity index is 1.29. The number of phenols is 3. The Morgan fingerprint density at radius 2 is 1.86 bits per heavy atom. The first-order valence-electron chi connectivity index (χ1n) is 14.0. The number of ether oxygens (including phenoxy) is 5. The first-order chi connectivity index (χ1) is 20.7. The van der Waals surface area contributed by atoms with Crippen LogP contribution in [0.25, 0.3) is 11.1 Å². The zero-order chi connectivity index (χ0) is 30.7. The third kappa shape index (κ3) is 6.55. The number of carbonyl (C=O) groups is 1. The minimum atomic E-state index is -1.54. The highest BCUT2D eigenvalue weighted by atomic mass is 16.8. The molecule has 3 aliphatic rings. The van der Waals surface area contributed by atoms with E-state index in [0.29, 0.717) is 28.7 Å². The van der Waals surface area contributed by atoms with Crippen LogP contribution in [-0.2, 0) is 35.1 Å². The Bertz CT molecular complexity index is 1340. The van der Waals surface area contributed by atoms with E-state index in [4.69, 9.17) is 23.7 Å². The van der Waals surface area contributed by atoms with Crippen molar-refractivity contribution in [2.24, 2.45) is 11.8 Å². The first kappa shape index (κ1) is 31.0. The second-order valence-corrected chi connectivity index (χ2v) is 10.8. The highest BCUT2D eigenvalue weighted by Crippen LogP contribution is 2.41. The van der Waals surface area contributed by atoms with Crippen LogP contribution in [0, 0.1) is 11.8 Å². The number of fused-ring (bicyclic) bond motifs is 1. The van der Waals surface area contributed by atoms with Gasteiger partial charge in [-0.1, -0.05) is 18.2 Å².